The third kappa shape index (κ3) is 10.2. The summed E-state index contributed by atoms with van der Waals surface area (Å²) >= 11 is 0. The molecule has 0 saturated heterocycles. The van der Waals surface area contributed by atoms with Crippen LogP contribution in [0.1, 0.15) is 85.0 Å². The molecule has 0 radical (unpaired) electrons. The molecule has 0 unspecified atom stereocenters. The van der Waals surface area contributed by atoms with Crippen LogP contribution in [0.25, 0.3) is 0 Å². The van der Waals surface area contributed by atoms with Crippen LogP contribution in [0.5, 0.6) is 0 Å². The Hall–Kier alpha value is 0.217. The Balaban J connectivity index is 3.77. The summed E-state index contributed by atoms with van der Waals surface area (Å²) in [6, 6.07) is 4.80. The van der Waals surface area contributed by atoms with Gasteiger partial charge >= 0.3 is 0 Å². The zero-order valence-corrected chi connectivity index (χ0v) is 14.7. The van der Waals surface area contributed by atoms with Gasteiger partial charge in [0.2, 0.25) is 0 Å². The van der Waals surface area contributed by atoms with Crippen molar-refractivity contribution in [3.8, 4) is 0 Å². The molecule has 18 heavy (non-hydrogen) atoms. The van der Waals surface area contributed by atoms with Crippen molar-refractivity contribution in [2.45, 2.75) is 110 Å². The Labute approximate surface area is 118 Å². The molecule has 0 aromatic carbocycles. The lowest BCUT2D eigenvalue weighted by atomic mass is 10.1. The van der Waals surface area contributed by atoms with Gasteiger partial charge in [-0.3, -0.25) is 0 Å². The normalized spacial score (nSPS) is 12.0. The Kier molecular flexibility index (Phi) is 12.4. The summed E-state index contributed by atoms with van der Waals surface area (Å²) in [4.78, 5) is 0. The molecule has 0 aliphatic carbocycles. The third-order valence-corrected chi connectivity index (χ3v) is 9.08. The van der Waals surface area contributed by atoms with Crippen LogP contribution in [0.2, 0.25) is 24.7 Å². The lowest BCUT2D eigenvalue weighted by Gasteiger charge is -2.27. The summed E-state index contributed by atoms with van der Waals surface area (Å²) < 4.78 is 0. The molecule has 0 saturated carbocycles. The number of rotatable bonds is 13. The van der Waals surface area contributed by atoms with Crippen molar-refractivity contribution in [1.29, 1.82) is 0 Å². The summed E-state index contributed by atoms with van der Waals surface area (Å²) in [6.07, 6.45) is 14.6. The van der Waals surface area contributed by atoms with Gasteiger partial charge in [0.1, 0.15) is 0 Å². The third-order valence-electron chi connectivity index (χ3n) is 4.40. The molecule has 1 heteroatoms. The number of unbranched alkanes of at least 4 members (excludes halogenated alkanes) is 7. The topological polar surface area (TPSA) is 0 Å². The van der Waals surface area contributed by atoms with Crippen molar-refractivity contribution < 1.29 is 0 Å². The van der Waals surface area contributed by atoms with E-state index in [4.69, 9.17) is 0 Å². The highest BCUT2D eigenvalue weighted by Crippen LogP contribution is 2.28. The van der Waals surface area contributed by atoms with E-state index in [-0.39, 0.29) is 0 Å². The lowest BCUT2D eigenvalue weighted by Crippen LogP contribution is -2.29. The van der Waals surface area contributed by atoms with E-state index in [0.717, 1.165) is 0 Å². The summed E-state index contributed by atoms with van der Waals surface area (Å²) in [5.74, 6) is 0. The zero-order valence-electron chi connectivity index (χ0n) is 13.7. The van der Waals surface area contributed by atoms with Crippen LogP contribution in [-0.2, 0) is 0 Å². The maximum absolute atomic E-state index is 2.68. The first-order valence-corrected chi connectivity index (χ1v) is 11.8. The molecule has 0 bridgehead atoms. The second-order valence-corrected chi connectivity index (χ2v) is 11.7. The number of hydrogen-bond acceptors (Lipinski definition) is 0. The van der Waals surface area contributed by atoms with E-state index in [1.54, 1.807) is 18.1 Å². The molecular formula is C17H38Si. The van der Waals surface area contributed by atoms with Gasteiger partial charge in [-0.2, -0.15) is 0 Å². The fraction of sp³-hybridized carbons (Fsp3) is 1.00. The molecule has 110 valence electrons. The maximum atomic E-state index is 2.68. The van der Waals surface area contributed by atoms with Gasteiger partial charge in [0, 0.05) is 0 Å². The van der Waals surface area contributed by atoms with E-state index in [1.165, 1.54) is 64.2 Å². The highest BCUT2D eigenvalue weighted by atomic mass is 28.3. The summed E-state index contributed by atoms with van der Waals surface area (Å²) in [6.45, 7) is 9.68. The van der Waals surface area contributed by atoms with Gasteiger partial charge in [-0.1, -0.05) is 110 Å². The van der Waals surface area contributed by atoms with Crippen LogP contribution in [0.15, 0.2) is 0 Å². The minimum absolute atomic E-state index is 0.860. The Bertz CT molecular complexity index is 157. The average molecular weight is 271 g/mol. The molecule has 0 spiro atoms. The monoisotopic (exact) mass is 270 g/mol. The van der Waals surface area contributed by atoms with Crippen molar-refractivity contribution in [2.75, 3.05) is 0 Å². The fourth-order valence-corrected chi connectivity index (χ4v) is 7.18. The van der Waals surface area contributed by atoms with Crippen LogP contribution < -0.4 is 0 Å². The van der Waals surface area contributed by atoms with E-state index >= 15 is 0 Å². The second-order valence-electron chi connectivity index (χ2n) is 6.54. The largest absolute Gasteiger partial charge is 0.0691 e. The predicted octanol–water partition coefficient (Wildman–Crippen LogP) is 7.03. The van der Waals surface area contributed by atoms with Crippen molar-refractivity contribution in [2.24, 2.45) is 0 Å². The van der Waals surface area contributed by atoms with E-state index in [2.05, 4.69) is 27.3 Å². The smallest absolute Gasteiger partial charge is 0.0504 e. The highest BCUT2D eigenvalue weighted by molar-refractivity contribution is 6.78. The van der Waals surface area contributed by atoms with Gasteiger partial charge in [-0.05, 0) is 0 Å². The van der Waals surface area contributed by atoms with Gasteiger partial charge in [0.25, 0.3) is 0 Å². The maximum Gasteiger partial charge on any atom is 0.0504 e. The van der Waals surface area contributed by atoms with E-state index in [9.17, 15) is 0 Å². The molecule has 0 nitrogen and oxygen atoms in total. The lowest BCUT2D eigenvalue weighted by molar-refractivity contribution is 0.620. The van der Waals surface area contributed by atoms with Gasteiger partial charge in [0.15, 0.2) is 0 Å². The van der Waals surface area contributed by atoms with Gasteiger partial charge in [-0.15, -0.1) is 0 Å². The summed E-state index contributed by atoms with van der Waals surface area (Å²) in [5, 5.41) is 0. The fourth-order valence-electron chi connectivity index (χ4n) is 2.91. The standard InChI is InChI=1S/C17H38Si/c1-5-8-11-12-13-14-17-18(4,15-9-6-2)16-10-7-3/h5-17H2,1-4H3. The molecule has 0 amide bonds. The van der Waals surface area contributed by atoms with Crippen molar-refractivity contribution in [1.82, 2.24) is 0 Å². The van der Waals surface area contributed by atoms with E-state index in [1.807, 2.05) is 0 Å². The van der Waals surface area contributed by atoms with E-state index in [0.29, 0.717) is 0 Å². The first-order valence-electron chi connectivity index (χ1n) is 8.68. The van der Waals surface area contributed by atoms with Crippen molar-refractivity contribution in [3.05, 3.63) is 0 Å². The summed E-state index contributed by atoms with van der Waals surface area (Å²) in [7, 11) is -0.860. The van der Waals surface area contributed by atoms with Crippen LogP contribution in [0, 0.1) is 0 Å². The molecule has 0 N–H and O–H groups in total. The van der Waals surface area contributed by atoms with Gasteiger partial charge in [-0.25, -0.2) is 0 Å². The Morgan fingerprint density at radius 3 is 1.39 bits per heavy atom. The van der Waals surface area contributed by atoms with Crippen molar-refractivity contribution >= 4 is 8.07 Å². The van der Waals surface area contributed by atoms with Crippen LogP contribution in [0.3, 0.4) is 0 Å². The SMILES string of the molecule is CCCCCCCC[Si](C)(CCCC)CCCC. The summed E-state index contributed by atoms with van der Waals surface area (Å²) in [5.41, 5.74) is 0. The minimum atomic E-state index is -0.860. The van der Waals surface area contributed by atoms with Crippen LogP contribution in [-0.4, -0.2) is 8.07 Å². The zero-order chi connectivity index (χ0) is 13.7. The molecule has 0 aromatic heterocycles. The molecule has 0 aromatic rings. The molecule has 0 fully saturated rings. The van der Waals surface area contributed by atoms with Crippen LogP contribution in [0.4, 0.5) is 0 Å². The molecule has 0 atom stereocenters. The molecule has 0 heterocycles. The molecular weight excluding hydrogens is 232 g/mol. The number of hydrogen-bond donors (Lipinski definition) is 0. The minimum Gasteiger partial charge on any atom is -0.0691 e. The van der Waals surface area contributed by atoms with Gasteiger partial charge < -0.3 is 0 Å². The second kappa shape index (κ2) is 12.3. The molecule has 0 aliphatic heterocycles. The molecule has 0 aliphatic rings. The van der Waals surface area contributed by atoms with Crippen LogP contribution >= 0.6 is 0 Å². The van der Waals surface area contributed by atoms with Gasteiger partial charge in [0.05, 0.1) is 8.07 Å². The first kappa shape index (κ1) is 18.2. The quantitative estimate of drug-likeness (QED) is 0.249. The first-order chi connectivity index (χ1) is 8.68. The van der Waals surface area contributed by atoms with Crippen molar-refractivity contribution in [3.63, 3.8) is 0 Å². The Morgan fingerprint density at radius 2 is 0.889 bits per heavy atom. The highest BCUT2D eigenvalue weighted by Gasteiger charge is 2.24. The van der Waals surface area contributed by atoms with E-state index < -0.39 is 8.07 Å². The Morgan fingerprint density at radius 1 is 0.500 bits per heavy atom. The molecule has 0 rings (SSSR count). The predicted molar refractivity (Wildman–Crippen MR) is 89.2 cm³/mol. The average Bonchev–Trinajstić information content (AvgIpc) is 2.38.